The van der Waals surface area contributed by atoms with Gasteiger partial charge in [-0.3, -0.25) is 0 Å². The van der Waals surface area contributed by atoms with Crippen molar-refractivity contribution in [2.24, 2.45) is 0 Å². The maximum Gasteiger partial charge on any atom is 0.0441 e. The fraction of sp³-hybridized carbons (Fsp3) is 0.294. The van der Waals surface area contributed by atoms with Crippen molar-refractivity contribution in [3.63, 3.8) is 0 Å². The maximum atomic E-state index is 6.34. The van der Waals surface area contributed by atoms with E-state index in [9.17, 15) is 0 Å². The number of aryl methyl sites for hydroxylation is 1. The first kappa shape index (κ1) is 15.4. The van der Waals surface area contributed by atoms with E-state index in [1.54, 1.807) is 0 Å². The van der Waals surface area contributed by atoms with Crippen molar-refractivity contribution in [2.45, 2.75) is 26.3 Å². The SMILES string of the molecule is CNC(Cc1ccc(C)cc1Cl)c1cccc(Cl)c1C. The summed E-state index contributed by atoms with van der Waals surface area (Å²) in [5.41, 5.74) is 4.67. The number of benzene rings is 2. The van der Waals surface area contributed by atoms with Gasteiger partial charge in [-0.15, -0.1) is 0 Å². The largest absolute Gasteiger partial charge is 0.313 e. The summed E-state index contributed by atoms with van der Waals surface area (Å²) in [6, 6.07) is 12.4. The van der Waals surface area contributed by atoms with Gasteiger partial charge in [-0.2, -0.15) is 0 Å². The van der Waals surface area contributed by atoms with Crippen LogP contribution in [-0.4, -0.2) is 7.05 Å². The number of hydrogen-bond acceptors (Lipinski definition) is 1. The number of nitrogens with one attached hydrogen (secondary N) is 1. The second-order valence-corrected chi connectivity index (χ2v) is 5.91. The minimum Gasteiger partial charge on any atom is -0.313 e. The molecule has 0 fully saturated rings. The molecule has 0 radical (unpaired) electrons. The lowest BCUT2D eigenvalue weighted by Gasteiger charge is -2.20. The second-order valence-electron chi connectivity index (χ2n) is 5.09. The summed E-state index contributed by atoms with van der Waals surface area (Å²) >= 11 is 12.6. The topological polar surface area (TPSA) is 12.0 Å². The minimum absolute atomic E-state index is 0.203. The smallest absolute Gasteiger partial charge is 0.0441 e. The summed E-state index contributed by atoms with van der Waals surface area (Å²) in [6.07, 6.45) is 0.844. The Labute approximate surface area is 130 Å². The summed E-state index contributed by atoms with van der Waals surface area (Å²) in [5.74, 6) is 0. The van der Waals surface area contributed by atoms with Crippen molar-refractivity contribution in [3.05, 3.63) is 68.7 Å². The Balaban J connectivity index is 2.31. The van der Waals surface area contributed by atoms with Crippen LogP contribution in [-0.2, 0) is 6.42 Å². The van der Waals surface area contributed by atoms with E-state index in [4.69, 9.17) is 23.2 Å². The number of halogens is 2. The Bertz CT molecular complexity index is 608. The zero-order valence-corrected chi connectivity index (χ0v) is 13.5. The first-order valence-electron chi connectivity index (χ1n) is 6.70. The fourth-order valence-corrected chi connectivity index (χ4v) is 2.90. The zero-order valence-electron chi connectivity index (χ0n) is 12.0. The van der Waals surface area contributed by atoms with Gasteiger partial charge in [0.1, 0.15) is 0 Å². The van der Waals surface area contributed by atoms with Crippen LogP contribution in [0.1, 0.15) is 28.3 Å². The molecule has 0 spiro atoms. The molecular formula is C17H19Cl2N. The molecule has 0 saturated heterocycles. The van der Waals surface area contributed by atoms with Crippen LogP contribution < -0.4 is 5.32 Å². The van der Waals surface area contributed by atoms with Crippen LogP contribution in [0.2, 0.25) is 10.0 Å². The van der Waals surface area contributed by atoms with Crippen molar-refractivity contribution < 1.29 is 0 Å². The van der Waals surface area contributed by atoms with Crippen LogP contribution in [0.3, 0.4) is 0 Å². The van der Waals surface area contributed by atoms with Gasteiger partial charge in [-0.1, -0.05) is 47.5 Å². The normalized spacial score (nSPS) is 12.4. The lowest BCUT2D eigenvalue weighted by molar-refractivity contribution is 0.589. The molecule has 1 unspecified atom stereocenters. The average Bonchev–Trinajstić information content (AvgIpc) is 2.42. The van der Waals surface area contributed by atoms with Crippen LogP contribution in [0.4, 0.5) is 0 Å². The summed E-state index contributed by atoms with van der Waals surface area (Å²) < 4.78 is 0. The molecule has 2 aromatic rings. The van der Waals surface area contributed by atoms with Crippen molar-refractivity contribution in [2.75, 3.05) is 7.05 Å². The van der Waals surface area contributed by atoms with Crippen LogP contribution >= 0.6 is 23.2 Å². The number of rotatable bonds is 4. The maximum absolute atomic E-state index is 6.34. The Morgan fingerprint density at radius 1 is 1.05 bits per heavy atom. The predicted molar refractivity (Wildman–Crippen MR) is 87.9 cm³/mol. The standard InChI is InChI=1S/C17H19Cl2N/c1-11-7-8-13(16(19)9-11)10-17(20-3)14-5-4-6-15(18)12(14)2/h4-9,17,20H,10H2,1-3H3. The highest BCUT2D eigenvalue weighted by molar-refractivity contribution is 6.31. The van der Waals surface area contributed by atoms with Crippen LogP contribution in [0.5, 0.6) is 0 Å². The number of hydrogen-bond donors (Lipinski definition) is 1. The Kier molecular flexibility index (Phi) is 5.09. The third kappa shape index (κ3) is 3.35. The first-order valence-corrected chi connectivity index (χ1v) is 7.46. The van der Waals surface area contributed by atoms with Crippen LogP contribution in [0, 0.1) is 13.8 Å². The van der Waals surface area contributed by atoms with Gasteiger partial charge >= 0.3 is 0 Å². The molecule has 0 saturated carbocycles. The monoisotopic (exact) mass is 307 g/mol. The molecule has 1 N–H and O–H groups in total. The van der Waals surface area contributed by atoms with E-state index in [2.05, 4.69) is 30.4 Å². The van der Waals surface area contributed by atoms with E-state index < -0.39 is 0 Å². The molecule has 0 aromatic heterocycles. The van der Waals surface area contributed by atoms with E-state index in [1.807, 2.05) is 32.2 Å². The third-order valence-electron chi connectivity index (χ3n) is 3.67. The predicted octanol–water partition coefficient (Wildman–Crippen LogP) is 5.11. The molecule has 0 bridgehead atoms. The zero-order chi connectivity index (χ0) is 14.7. The Morgan fingerprint density at radius 2 is 1.80 bits per heavy atom. The molecular weight excluding hydrogens is 289 g/mol. The molecule has 3 heteroatoms. The highest BCUT2D eigenvalue weighted by Gasteiger charge is 2.15. The van der Waals surface area contributed by atoms with Crippen molar-refractivity contribution in [1.29, 1.82) is 0 Å². The van der Waals surface area contributed by atoms with Gasteiger partial charge in [0.05, 0.1) is 0 Å². The van der Waals surface area contributed by atoms with Gasteiger partial charge in [0, 0.05) is 16.1 Å². The molecule has 0 aliphatic carbocycles. The van der Waals surface area contributed by atoms with Gasteiger partial charge in [0.2, 0.25) is 0 Å². The molecule has 0 heterocycles. The molecule has 0 amide bonds. The van der Waals surface area contributed by atoms with Gasteiger partial charge in [0.15, 0.2) is 0 Å². The highest BCUT2D eigenvalue weighted by atomic mass is 35.5. The van der Waals surface area contributed by atoms with Gasteiger partial charge < -0.3 is 5.32 Å². The molecule has 1 nitrogen and oxygen atoms in total. The van der Waals surface area contributed by atoms with E-state index >= 15 is 0 Å². The third-order valence-corrected chi connectivity index (χ3v) is 4.43. The minimum atomic E-state index is 0.203. The molecule has 20 heavy (non-hydrogen) atoms. The molecule has 1 atom stereocenters. The molecule has 106 valence electrons. The van der Waals surface area contributed by atoms with Crippen LogP contribution in [0.25, 0.3) is 0 Å². The van der Waals surface area contributed by atoms with Crippen molar-refractivity contribution in [3.8, 4) is 0 Å². The van der Waals surface area contributed by atoms with E-state index in [-0.39, 0.29) is 6.04 Å². The van der Waals surface area contributed by atoms with Crippen molar-refractivity contribution >= 4 is 23.2 Å². The van der Waals surface area contributed by atoms with E-state index in [1.165, 1.54) is 11.1 Å². The molecule has 0 aliphatic heterocycles. The van der Waals surface area contributed by atoms with E-state index in [0.29, 0.717) is 0 Å². The fourth-order valence-electron chi connectivity index (χ4n) is 2.41. The second kappa shape index (κ2) is 6.62. The lowest BCUT2D eigenvalue weighted by Crippen LogP contribution is -2.20. The summed E-state index contributed by atoms with van der Waals surface area (Å²) in [4.78, 5) is 0. The summed E-state index contributed by atoms with van der Waals surface area (Å²) in [5, 5.41) is 4.99. The highest BCUT2D eigenvalue weighted by Crippen LogP contribution is 2.28. The van der Waals surface area contributed by atoms with Gasteiger partial charge in [-0.05, 0) is 61.7 Å². The molecule has 2 rings (SSSR count). The molecule has 2 aromatic carbocycles. The molecule has 0 aliphatic rings. The summed E-state index contributed by atoms with van der Waals surface area (Å²) in [6.45, 7) is 4.10. The quantitative estimate of drug-likeness (QED) is 0.827. The van der Waals surface area contributed by atoms with E-state index in [0.717, 1.165) is 27.6 Å². The first-order chi connectivity index (χ1) is 9.52. The van der Waals surface area contributed by atoms with Crippen LogP contribution in [0.15, 0.2) is 36.4 Å². The average molecular weight is 308 g/mol. The van der Waals surface area contributed by atoms with Gasteiger partial charge in [0.25, 0.3) is 0 Å². The Morgan fingerprint density at radius 3 is 2.45 bits per heavy atom. The van der Waals surface area contributed by atoms with Gasteiger partial charge in [-0.25, -0.2) is 0 Å². The Hall–Kier alpha value is -1.02. The lowest BCUT2D eigenvalue weighted by atomic mass is 9.95. The summed E-state index contributed by atoms with van der Waals surface area (Å²) in [7, 11) is 1.97. The van der Waals surface area contributed by atoms with Crippen molar-refractivity contribution in [1.82, 2.24) is 5.32 Å². The number of likely N-dealkylation sites (N-methyl/N-ethyl adjacent to an activating group) is 1.